The van der Waals surface area contributed by atoms with E-state index in [-0.39, 0.29) is 4.90 Å². The zero-order valence-corrected chi connectivity index (χ0v) is 21.4. The fourth-order valence-electron chi connectivity index (χ4n) is 4.79. The Morgan fingerprint density at radius 1 is 0.816 bits per heavy atom. The zero-order chi connectivity index (χ0) is 26.0. The second kappa shape index (κ2) is 10.1. The van der Waals surface area contributed by atoms with Crippen molar-refractivity contribution < 1.29 is 8.42 Å². The lowest BCUT2D eigenvalue weighted by Gasteiger charge is -2.25. The Morgan fingerprint density at radius 2 is 1.55 bits per heavy atom. The maximum atomic E-state index is 14.3. The van der Waals surface area contributed by atoms with Gasteiger partial charge in [0, 0.05) is 30.2 Å². The van der Waals surface area contributed by atoms with Gasteiger partial charge < -0.3 is 20.2 Å². The predicted molar refractivity (Wildman–Crippen MR) is 148 cm³/mol. The van der Waals surface area contributed by atoms with Gasteiger partial charge in [-0.2, -0.15) is 0 Å². The monoisotopic (exact) mass is 525 g/mol. The van der Waals surface area contributed by atoms with E-state index in [2.05, 4.69) is 30.2 Å². The average Bonchev–Trinajstić information content (AvgIpc) is 3.65. The molecule has 3 aromatic carbocycles. The summed E-state index contributed by atoms with van der Waals surface area (Å²) in [5.74, 6) is 0. The first-order valence-corrected chi connectivity index (χ1v) is 13.8. The van der Waals surface area contributed by atoms with E-state index in [0.717, 1.165) is 28.2 Å². The molecule has 5 aromatic rings. The number of imidazole rings is 2. The van der Waals surface area contributed by atoms with E-state index < -0.39 is 10.0 Å². The van der Waals surface area contributed by atoms with Crippen LogP contribution in [-0.4, -0.2) is 41.4 Å². The van der Waals surface area contributed by atoms with E-state index >= 15 is 0 Å². The van der Waals surface area contributed by atoms with Crippen LogP contribution in [0, 0.1) is 0 Å². The number of rotatable bonds is 7. The lowest BCUT2D eigenvalue weighted by Crippen LogP contribution is -2.35. The molecule has 9 nitrogen and oxygen atoms in total. The number of aromatic amines is 2. The van der Waals surface area contributed by atoms with E-state index in [4.69, 9.17) is 0 Å². The molecule has 3 N–H and O–H groups in total. The summed E-state index contributed by atoms with van der Waals surface area (Å²) in [6.07, 6.45) is 6.79. The van der Waals surface area contributed by atoms with Crippen molar-refractivity contribution in [3.63, 3.8) is 0 Å². The Hall–Kier alpha value is -4.57. The molecule has 6 rings (SSSR count). The fourth-order valence-corrected chi connectivity index (χ4v) is 6.46. The summed E-state index contributed by atoms with van der Waals surface area (Å²) in [7, 11) is -3.87. The van der Waals surface area contributed by atoms with Crippen molar-refractivity contribution in [2.75, 3.05) is 27.6 Å². The molecule has 0 bridgehead atoms. The average molecular weight is 526 g/mol. The molecule has 0 saturated carbocycles. The van der Waals surface area contributed by atoms with Crippen molar-refractivity contribution in [3.8, 4) is 11.1 Å². The summed E-state index contributed by atoms with van der Waals surface area (Å²) in [6.45, 7) is 1.84. The highest BCUT2D eigenvalue weighted by atomic mass is 32.2. The lowest BCUT2D eigenvalue weighted by atomic mass is 10.0. The number of nitrogens with zero attached hydrogens (tertiary/aromatic N) is 4. The van der Waals surface area contributed by atoms with E-state index in [0.29, 0.717) is 37.6 Å². The van der Waals surface area contributed by atoms with Gasteiger partial charge in [0.25, 0.3) is 10.0 Å². The minimum Gasteiger partial charge on any atom is -0.379 e. The van der Waals surface area contributed by atoms with Crippen molar-refractivity contribution >= 4 is 27.1 Å². The first-order chi connectivity index (χ1) is 18.6. The van der Waals surface area contributed by atoms with Crippen LogP contribution in [0.5, 0.6) is 0 Å². The Morgan fingerprint density at radius 3 is 2.32 bits per heavy atom. The van der Waals surface area contributed by atoms with Crippen molar-refractivity contribution in [1.29, 1.82) is 0 Å². The third-order valence-corrected chi connectivity index (χ3v) is 8.51. The van der Waals surface area contributed by atoms with E-state index in [9.17, 15) is 8.42 Å². The third kappa shape index (κ3) is 4.61. The molecule has 0 radical (unpaired) electrons. The van der Waals surface area contributed by atoms with Gasteiger partial charge >= 0.3 is 0 Å². The van der Waals surface area contributed by atoms with Gasteiger partial charge in [-0.25, -0.2) is 18.4 Å². The summed E-state index contributed by atoms with van der Waals surface area (Å²) in [6, 6.07) is 23.0. The number of sulfonamides is 1. The molecule has 38 heavy (non-hydrogen) atoms. The van der Waals surface area contributed by atoms with Crippen LogP contribution in [0.4, 0.5) is 17.1 Å². The van der Waals surface area contributed by atoms with E-state index in [1.807, 2.05) is 66.7 Å². The molecule has 0 aliphatic carbocycles. The van der Waals surface area contributed by atoms with Crippen LogP contribution < -0.4 is 14.5 Å². The normalized spacial score (nSPS) is 14.6. The highest BCUT2D eigenvalue weighted by Gasteiger charge is 2.34. The zero-order valence-electron chi connectivity index (χ0n) is 20.6. The molecule has 0 amide bonds. The molecule has 2 aromatic heterocycles. The van der Waals surface area contributed by atoms with Crippen LogP contribution in [0.2, 0.25) is 0 Å². The Bertz CT molecular complexity index is 1620. The van der Waals surface area contributed by atoms with Crippen LogP contribution in [0.3, 0.4) is 0 Å². The summed E-state index contributed by atoms with van der Waals surface area (Å²) < 4.78 is 30.1. The smallest absolute Gasteiger partial charge is 0.266 e. The van der Waals surface area contributed by atoms with Crippen molar-refractivity contribution in [3.05, 3.63) is 109 Å². The molecular formula is C28H27N7O2S. The number of hydrogen-bond donors (Lipinski definition) is 3. The largest absolute Gasteiger partial charge is 0.379 e. The highest BCUT2D eigenvalue weighted by molar-refractivity contribution is 7.93. The molecule has 1 aliphatic rings. The quantitative estimate of drug-likeness (QED) is 0.286. The van der Waals surface area contributed by atoms with Crippen molar-refractivity contribution in [1.82, 2.24) is 19.9 Å². The van der Waals surface area contributed by atoms with Gasteiger partial charge in [-0.3, -0.25) is 4.31 Å². The molecule has 10 heteroatoms. The van der Waals surface area contributed by atoms with E-state index in [1.165, 1.54) is 0 Å². The molecule has 0 fully saturated rings. The molecule has 192 valence electrons. The Balaban J connectivity index is 1.42. The number of hydrogen-bond acceptors (Lipinski definition) is 6. The number of aromatic nitrogens is 4. The SMILES string of the molecule is O=S1(=O)c2ccc(NCc3cnc[nH]3)cc2N(Cc2cnc[nH]2)CCN1c1ccccc1-c1ccccc1. The molecule has 0 saturated heterocycles. The molecule has 1 aliphatic heterocycles. The number of H-pyrrole nitrogens is 2. The highest BCUT2D eigenvalue weighted by Crippen LogP contribution is 2.39. The fraction of sp³-hybridized carbons (Fsp3) is 0.143. The van der Waals surface area contributed by atoms with Gasteiger partial charge in [-0.1, -0.05) is 48.5 Å². The number of para-hydroxylation sites is 1. The molecular weight excluding hydrogens is 498 g/mol. The third-order valence-electron chi connectivity index (χ3n) is 6.65. The number of benzene rings is 3. The topological polar surface area (TPSA) is 110 Å². The van der Waals surface area contributed by atoms with Crippen molar-refractivity contribution in [2.45, 2.75) is 18.0 Å². The van der Waals surface area contributed by atoms with Crippen LogP contribution >= 0.6 is 0 Å². The summed E-state index contributed by atoms with van der Waals surface area (Å²) >= 11 is 0. The molecule has 0 atom stereocenters. The maximum absolute atomic E-state index is 14.3. The second-order valence-electron chi connectivity index (χ2n) is 9.07. The van der Waals surface area contributed by atoms with Crippen LogP contribution in [-0.2, 0) is 23.1 Å². The summed E-state index contributed by atoms with van der Waals surface area (Å²) in [4.78, 5) is 16.8. The van der Waals surface area contributed by atoms with Gasteiger partial charge in [0.1, 0.15) is 4.90 Å². The number of anilines is 3. The minimum atomic E-state index is -3.87. The summed E-state index contributed by atoms with van der Waals surface area (Å²) in [5.41, 5.74) is 5.81. The standard InChI is InChI=1S/C28H27N7O2S/c36-38(37)28-11-10-22(31-17-23-15-29-19-32-23)14-27(28)34(18-24-16-30-20-33-24)12-13-35(38)26-9-5-4-8-25(26)21-6-2-1-3-7-21/h1-11,14-16,19-20,31H,12-13,17-18H2,(H,29,32)(H,30,33). The Labute approximate surface area is 221 Å². The Kier molecular flexibility index (Phi) is 6.30. The number of nitrogens with one attached hydrogen (secondary N) is 3. The van der Waals surface area contributed by atoms with E-state index in [1.54, 1.807) is 35.4 Å². The van der Waals surface area contributed by atoms with Gasteiger partial charge in [0.05, 0.1) is 55.1 Å². The van der Waals surface area contributed by atoms with Gasteiger partial charge in [-0.15, -0.1) is 0 Å². The second-order valence-corrected chi connectivity index (χ2v) is 10.9. The minimum absolute atomic E-state index is 0.268. The first kappa shape index (κ1) is 23.8. The lowest BCUT2D eigenvalue weighted by molar-refractivity contribution is 0.593. The van der Waals surface area contributed by atoms with Crippen LogP contribution in [0.15, 0.2) is 103 Å². The van der Waals surface area contributed by atoms with Crippen molar-refractivity contribution in [2.24, 2.45) is 0 Å². The molecule has 3 heterocycles. The van der Waals surface area contributed by atoms with Crippen LogP contribution in [0.25, 0.3) is 11.1 Å². The van der Waals surface area contributed by atoms with Gasteiger partial charge in [-0.05, 0) is 29.8 Å². The molecule has 0 spiro atoms. The van der Waals surface area contributed by atoms with Crippen LogP contribution in [0.1, 0.15) is 11.4 Å². The number of fused-ring (bicyclic) bond motifs is 1. The maximum Gasteiger partial charge on any atom is 0.266 e. The van der Waals surface area contributed by atoms with Gasteiger partial charge in [0.2, 0.25) is 0 Å². The predicted octanol–water partition coefficient (Wildman–Crippen LogP) is 4.63. The summed E-state index contributed by atoms with van der Waals surface area (Å²) in [5, 5.41) is 3.37. The molecule has 0 unspecified atom stereocenters. The first-order valence-electron chi connectivity index (χ1n) is 12.3. The van der Waals surface area contributed by atoms with Gasteiger partial charge in [0.15, 0.2) is 0 Å².